The molecule has 0 aliphatic carbocycles. The minimum atomic E-state index is -0.945. The van der Waals surface area contributed by atoms with Crippen molar-refractivity contribution in [2.45, 2.75) is 6.42 Å². The predicted octanol–water partition coefficient (Wildman–Crippen LogP) is 2.93. The Labute approximate surface area is 143 Å². The molecule has 0 aliphatic heterocycles. The SMILES string of the molecule is COc1cc2nccc(Oc3ccc(CC(=O)O)nc3)c2cc1C#N. The molecule has 7 heteroatoms. The summed E-state index contributed by atoms with van der Waals surface area (Å²) in [5.41, 5.74) is 1.45. The molecule has 3 rings (SSSR count). The van der Waals surface area contributed by atoms with Gasteiger partial charge in [0.25, 0.3) is 0 Å². The van der Waals surface area contributed by atoms with Gasteiger partial charge in [-0.05, 0) is 24.3 Å². The molecule has 2 aromatic heterocycles. The second kappa shape index (κ2) is 6.84. The number of hydrogen-bond acceptors (Lipinski definition) is 6. The molecule has 0 aliphatic rings. The molecule has 0 spiro atoms. The fourth-order valence-corrected chi connectivity index (χ4v) is 2.35. The minimum absolute atomic E-state index is 0.149. The Hall–Kier alpha value is -3.66. The van der Waals surface area contributed by atoms with Crippen molar-refractivity contribution in [3.8, 4) is 23.3 Å². The summed E-state index contributed by atoms with van der Waals surface area (Å²) in [4.78, 5) is 19.0. The number of ether oxygens (including phenoxy) is 2. The molecule has 0 unspecified atom stereocenters. The van der Waals surface area contributed by atoms with E-state index in [9.17, 15) is 10.1 Å². The van der Waals surface area contributed by atoms with Crippen LogP contribution in [0, 0.1) is 11.3 Å². The van der Waals surface area contributed by atoms with Crippen LogP contribution in [-0.2, 0) is 11.2 Å². The number of rotatable bonds is 5. The Bertz CT molecular complexity index is 978. The number of hydrogen-bond donors (Lipinski definition) is 1. The summed E-state index contributed by atoms with van der Waals surface area (Å²) < 4.78 is 11.0. The van der Waals surface area contributed by atoms with Crippen LogP contribution in [0.15, 0.2) is 42.7 Å². The van der Waals surface area contributed by atoms with Gasteiger partial charge in [-0.3, -0.25) is 14.8 Å². The highest BCUT2D eigenvalue weighted by atomic mass is 16.5. The first-order valence-corrected chi connectivity index (χ1v) is 7.32. The molecule has 1 aromatic carbocycles. The van der Waals surface area contributed by atoms with Crippen LogP contribution in [0.2, 0.25) is 0 Å². The van der Waals surface area contributed by atoms with Crippen LogP contribution in [0.3, 0.4) is 0 Å². The van der Waals surface area contributed by atoms with Gasteiger partial charge >= 0.3 is 5.97 Å². The highest BCUT2D eigenvalue weighted by Gasteiger charge is 2.11. The van der Waals surface area contributed by atoms with E-state index in [-0.39, 0.29) is 6.42 Å². The number of nitriles is 1. The van der Waals surface area contributed by atoms with Crippen LogP contribution < -0.4 is 9.47 Å². The first-order valence-electron chi connectivity index (χ1n) is 7.32. The topological polar surface area (TPSA) is 105 Å². The van der Waals surface area contributed by atoms with Crippen molar-refractivity contribution in [1.82, 2.24) is 9.97 Å². The van der Waals surface area contributed by atoms with Crippen LogP contribution in [0.5, 0.6) is 17.2 Å². The largest absolute Gasteiger partial charge is 0.495 e. The van der Waals surface area contributed by atoms with E-state index in [1.165, 1.54) is 13.3 Å². The van der Waals surface area contributed by atoms with Crippen molar-refractivity contribution < 1.29 is 19.4 Å². The van der Waals surface area contributed by atoms with Gasteiger partial charge in [-0.2, -0.15) is 5.26 Å². The zero-order valence-corrected chi connectivity index (χ0v) is 13.3. The van der Waals surface area contributed by atoms with Crippen LogP contribution in [-0.4, -0.2) is 28.2 Å². The standard InChI is InChI=1S/C18H13N3O4/c1-24-17-8-15-14(6-11(17)9-19)16(4-5-20-15)25-13-3-2-12(21-10-13)7-18(22)23/h2-6,8,10H,7H2,1H3,(H,22,23). The lowest BCUT2D eigenvalue weighted by atomic mass is 10.1. The molecule has 1 N–H and O–H groups in total. The zero-order chi connectivity index (χ0) is 17.8. The molecule has 25 heavy (non-hydrogen) atoms. The Morgan fingerprint density at radius 3 is 2.72 bits per heavy atom. The van der Waals surface area contributed by atoms with Crippen molar-refractivity contribution >= 4 is 16.9 Å². The number of pyridine rings is 2. The summed E-state index contributed by atoms with van der Waals surface area (Å²) >= 11 is 0. The molecule has 0 amide bonds. The highest BCUT2D eigenvalue weighted by molar-refractivity contribution is 5.88. The van der Waals surface area contributed by atoms with Gasteiger partial charge in [0.15, 0.2) is 0 Å². The summed E-state index contributed by atoms with van der Waals surface area (Å²) in [6.07, 6.45) is 2.90. The third-order valence-corrected chi connectivity index (χ3v) is 3.50. The van der Waals surface area contributed by atoms with Gasteiger partial charge in [0, 0.05) is 17.6 Å². The van der Waals surface area contributed by atoms with Crippen LogP contribution in [0.1, 0.15) is 11.3 Å². The van der Waals surface area contributed by atoms with Crippen LogP contribution >= 0.6 is 0 Å². The summed E-state index contributed by atoms with van der Waals surface area (Å²) in [5.74, 6) is 0.464. The first kappa shape index (κ1) is 16.2. The molecule has 3 aromatic rings. The molecule has 0 saturated heterocycles. The number of carboxylic acids is 1. The van der Waals surface area contributed by atoms with E-state index in [2.05, 4.69) is 16.0 Å². The molecule has 0 radical (unpaired) electrons. The summed E-state index contributed by atoms with van der Waals surface area (Å²) in [7, 11) is 1.49. The number of methoxy groups -OCH3 is 1. The van der Waals surface area contributed by atoms with Gasteiger partial charge in [0.05, 0.1) is 36.5 Å². The van der Waals surface area contributed by atoms with E-state index >= 15 is 0 Å². The Balaban J connectivity index is 1.96. The lowest BCUT2D eigenvalue weighted by Gasteiger charge is -2.10. The maximum atomic E-state index is 10.7. The maximum absolute atomic E-state index is 10.7. The van der Waals surface area contributed by atoms with Crippen LogP contribution in [0.25, 0.3) is 10.9 Å². The Morgan fingerprint density at radius 2 is 2.08 bits per heavy atom. The van der Waals surface area contributed by atoms with Gasteiger partial charge in [-0.1, -0.05) is 0 Å². The number of aromatic nitrogens is 2. The third-order valence-electron chi connectivity index (χ3n) is 3.50. The Morgan fingerprint density at radius 1 is 1.24 bits per heavy atom. The fourth-order valence-electron chi connectivity index (χ4n) is 2.35. The second-order valence-corrected chi connectivity index (χ2v) is 5.15. The number of aliphatic carboxylic acids is 1. The zero-order valence-electron chi connectivity index (χ0n) is 13.3. The molecule has 124 valence electrons. The van der Waals surface area contributed by atoms with E-state index in [0.717, 1.165) is 0 Å². The van der Waals surface area contributed by atoms with Gasteiger partial charge in [0.2, 0.25) is 0 Å². The highest BCUT2D eigenvalue weighted by Crippen LogP contribution is 2.32. The normalized spacial score (nSPS) is 10.2. The average molecular weight is 335 g/mol. The second-order valence-electron chi connectivity index (χ2n) is 5.15. The van der Waals surface area contributed by atoms with Gasteiger partial charge < -0.3 is 14.6 Å². The van der Waals surface area contributed by atoms with Crippen molar-refractivity contribution in [2.75, 3.05) is 7.11 Å². The van der Waals surface area contributed by atoms with Crippen LogP contribution in [0.4, 0.5) is 0 Å². The van der Waals surface area contributed by atoms with E-state index in [0.29, 0.717) is 39.4 Å². The van der Waals surface area contributed by atoms with Crippen molar-refractivity contribution in [2.24, 2.45) is 0 Å². The minimum Gasteiger partial charge on any atom is -0.495 e. The molecule has 2 heterocycles. The number of fused-ring (bicyclic) bond motifs is 1. The number of carbonyl (C=O) groups is 1. The number of benzene rings is 1. The quantitative estimate of drug-likeness (QED) is 0.764. The Kier molecular flexibility index (Phi) is 4.44. The smallest absolute Gasteiger partial charge is 0.309 e. The van der Waals surface area contributed by atoms with Crippen molar-refractivity contribution in [1.29, 1.82) is 5.26 Å². The lowest BCUT2D eigenvalue weighted by Crippen LogP contribution is -2.01. The lowest BCUT2D eigenvalue weighted by molar-refractivity contribution is -0.136. The average Bonchev–Trinajstić information content (AvgIpc) is 2.62. The summed E-state index contributed by atoms with van der Waals surface area (Å²) in [6.45, 7) is 0. The number of nitrogens with zero attached hydrogens (tertiary/aromatic N) is 3. The number of carboxylic acid groups (broad SMARTS) is 1. The monoisotopic (exact) mass is 335 g/mol. The molecule has 0 atom stereocenters. The first-order chi connectivity index (χ1) is 12.1. The molecular weight excluding hydrogens is 322 g/mol. The van der Waals surface area contributed by atoms with Gasteiger partial charge in [-0.15, -0.1) is 0 Å². The maximum Gasteiger partial charge on any atom is 0.309 e. The molecular formula is C18H13N3O4. The summed E-state index contributed by atoms with van der Waals surface area (Å²) in [5, 5.41) is 18.7. The molecule has 0 fully saturated rings. The molecule has 7 nitrogen and oxygen atoms in total. The van der Waals surface area contributed by atoms with Gasteiger partial charge in [-0.25, -0.2) is 0 Å². The van der Waals surface area contributed by atoms with E-state index in [1.807, 2.05) is 0 Å². The van der Waals surface area contributed by atoms with E-state index < -0.39 is 5.97 Å². The van der Waals surface area contributed by atoms with E-state index in [1.54, 1.807) is 36.5 Å². The summed E-state index contributed by atoms with van der Waals surface area (Å²) in [6, 6.07) is 10.3. The fraction of sp³-hybridized carbons (Fsp3) is 0.111. The predicted molar refractivity (Wildman–Crippen MR) is 88.7 cm³/mol. The van der Waals surface area contributed by atoms with Crippen molar-refractivity contribution in [3.05, 3.63) is 54.0 Å². The molecule has 0 bridgehead atoms. The van der Waals surface area contributed by atoms with Gasteiger partial charge in [0.1, 0.15) is 23.3 Å². The molecule has 0 saturated carbocycles. The van der Waals surface area contributed by atoms with Crippen molar-refractivity contribution in [3.63, 3.8) is 0 Å². The third kappa shape index (κ3) is 3.48. The van der Waals surface area contributed by atoms with E-state index in [4.69, 9.17) is 14.6 Å².